The quantitative estimate of drug-likeness (QED) is 0.659. The average molecular weight is 209 g/mol. The summed E-state index contributed by atoms with van der Waals surface area (Å²) >= 11 is 0. The molecular formula is C10H15N3O2. The maximum atomic E-state index is 8.77. The van der Waals surface area contributed by atoms with Crippen LogP contribution in [0.3, 0.4) is 0 Å². The SMILES string of the molecule is CCOC(Cn1ccnc1C#N)OCC. The van der Waals surface area contributed by atoms with E-state index in [1.165, 1.54) is 0 Å². The highest BCUT2D eigenvalue weighted by atomic mass is 16.7. The molecular weight excluding hydrogens is 194 g/mol. The molecule has 0 fully saturated rings. The van der Waals surface area contributed by atoms with Crippen molar-refractivity contribution in [2.45, 2.75) is 26.7 Å². The fourth-order valence-electron chi connectivity index (χ4n) is 1.26. The van der Waals surface area contributed by atoms with Crippen molar-refractivity contribution in [2.75, 3.05) is 13.2 Å². The van der Waals surface area contributed by atoms with Crippen LogP contribution in [0.4, 0.5) is 0 Å². The zero-order chi connectivity index (χ0) is 11.1. The van der Waals surface area contributed by atoms with Crippen LogP contribution < -0.4 is 0 Å². The number of nitriles is 1. The Hall–Kier alpha value is -1.38. The Morgan fingerprint density at radius 2 is 2.13 bits per heavy atom. The Bertz CT molecular complexity index is 324. The summed E-state index contributed by atoms with van der Waals surface area (Å²) in [6, 6.07) is 2.01. The third-order valence-corrected chi connectivity index (χ3v) is 1.87. The van der Waals surface area contributed by atoms with Crippen LogP contribution in [-0.2, 0) is 16.0 Å². The lowest BCUT2D eigenvalue weighted by atomic mass is 10.5. The second kappa shape index (κ2) is 6.17. The minimum Gasteiger partial charge on any atom is -0.351 e. The molecule has 0 aliphatic rings. The molecule has 0 N–H and O–H groups in total. The molecule has 0 aliphatic carbocycles. The summed E-state index contributed by atoms with van der Waals surface area (Å²) in [5.74, 6) is 0.374. The van der Waals surface area contributed by atoms with Crippen molar-refractivity contribution in [1.82, 2.24) is 9.55 Å². The van der Waals surface area contributed by atoms with Crippen LogP contribution in [0.1, 0.15) is 19.7 Å². The van der Waals surface area contributed by atoms with E-state index < -0.39 is 0 Å². The van der Waals surface area contributed by atoms with Crippen molar-refractivity contribution in [1.29, 1.82) is 5.26 Å². The normalized spacial score (nSPS) is 10.5. The van der Waals surface area contributed by atoms with Gasteiger partial charge in [0.15, 0.2) is 6.29 Å². The Labute approximate surface area is 89.2 Å². The van der Waals surface area contributed by atoms with Crippen LogP contribution >= 0.6 is 0 Å². The summed E-state index contributed by atoms with van der Waals surface area (Å²) in [4.78, 5) is 3.90. The van der Waals surface area contributed by atoms with Gasteiger partial charge in [-0.05, 0) is 13.8 Å². The van der Waals surface area contributed by atoms with Crippen LogP contribution in [0.25, 0.3) is 0 Å². The molecule has 1 aromatic heterocycles. The highest BCUT2D eigenvalue weighted by Gasteiger charge is 2.11. The molecule has 0 amide bonds. The van der Waals surface area contributed by atoms with Crippen molar-refractivity contribution >= 4 is 0 Å². The van der Waals surface area contributed by atoms with E-state index in [9.17, 15) is 0 Å². The summed E-state index contributed by atoms with van der Waals surface area (Å²) in [5.41, 5.74) is 0. The van der Waals surface area contributed by atoms with Gasteiger partial charge in [0.05, 0.1) is 6.54 Å². The minimum atomic E-state index is -0.318. The van der Waals surface area contributed by atoms with E-state index in [-0.39, 0.29) is 6.29 Å². The molecule has 0 saturated carbocycles. The minimum absolute atomic E-state index is 0.318. The first kappa shape index (κ1) is 11.7. The molecule has 0 unspecified atom stereocenters. The highest BCUT2D eigenvalue weighted by Crippen LogP contribution is 2.03. The molecule has 1 aromatic rings. The summed E-state index contributed by atoms with van der Waals surface area (Å²) in [6.07, 6.45) is 3.01. The highest BCUT2D eigenvalue weighted by molar-refractivity contribution is 5.11. The van der Waals surface area contributed by atoms with Crippen molar-refractivity contribution in [2.24, 2.45) is 0 Å². The average Bonchev–Trinajstić information content (AvgIpc) is 2.66. The first-order valence-corrected chi connectivity index (χ1v) is 4.96. The molecule has 0 bridgehead atoms. The predicted molar refractivity (Wildman–Crippen MR) is 54.0 cm³/mol. The fraction of sp³-hybridized carbons (Fsp3) is 0.600. The monoisotopic (exact) mass is 209 g/mol. The van der Waals surface area contributed by atoms with Gasteiger partial charge in [-0.3, -0.25) is 0 Å². The number of rotatable bonds is 6. The van der Waals surface area contributed by atoms with Crippen LogP contribution in [0.5, 0.6) is 0 Å². The molecule has 0 spiro atoms. The summed E-state index contributed by atoms with van der Waals surface area (Å²) in [5, 5.41) is 8.77. The molecule has 0 saturated heterocycles. The van der Waals surface area contributed by atoms with Gasteiger partial charge < -0.3 is 14.0 Å². The Kier molecular flexibility index (Phi) is 4.81. The summed E-state index contributed by atoms with van der Waals surface area (Å²) in [6.45, 7) is 5.48. The molecule has 15 heavy (non-hydrogen) atoms. The molecule has 82 valence electrons. The number of hydrogen-bond donors (Lipinski definition) is 0. The second-order valence-electron chi connectivity index (χ2n) is 2.86. The van der Waals surface area contributed by atoms with Gasteiger partial charge >= 0.3 is 0 Å². The maximum absolute atomic E-state index is 8.77. The summed E-state index contributed by atoms with van der Waals surface area (Å²) < 4.78 is 12.5. The molecule has 5 heteroatoms. The van der Waals surface area contributed by atoms with E-state index >= 15 is 0 Å². The standard InChI is InChI=1S/C10H15N3O2/c1-3-14-10(15-4-2)8-13-6-5-12-9(13)7-11/h5-6,10H,3-4,8H2,1-2H3. The Morgan fingerprint density at radius 3 is 2.67 bits per heavy atom. The van der Waals surface area contributed by atoms with E-state index in [1.54, 1.807) is 17.0 Å². The first-order valence-electron chi connectivity index (χ1n) is 4.96. The largest absolute Gasteiger partial charge is 0.351 e. The van der Waals surface area contributed by atoms with Crippen LogP contribution in [-0.4, -0.2) is 29.1 Å². The lowest BCUT2D eigenvalue weighted by molar-refractivity contribution is -0.143. The molecule has 1 heterocycles. The maximum Gasteiger partial charge on any atom is 0.212 e. The third kappa shape index (κ3) is 3.35. The van der Waals surface area contributed by atoms with Gasteiger partial charge in [0, 0.05) is 25.6 Å². The van der Waals surface area contributed by atoms with Crippen LogP contribution in [0, 0.1) is 11.3 Å². The predicted octanol–water partition coefficient (Wildman–Crippen LogP) is 1.15. The number of ether oxygens (including phenoxy) is 2. The molecule has 0 aromatic carbocycles. The van der Waals surface area contributed by atoms with E-state index in [0.29, 0.717) is 25.6 Å². The van der Waals surface area contributed by atoms with Crippen LogP contribution in [0.2, 0.25) is 0 Å². The van der Waals surface area contributed by atoms with Gasteiger partial charge in [0.25, 0.3) is 0 Å². The zero-order valence-corrected chi connectivity index (χ0v) is 9.01. The van der Waals surface area contributed by atoms with Gasteiger partial charge in [-0.2, -0.15) is 5.26 Å². The smallest absolute Gasteiger partial charge is 0.212 e. The number of hydrogen-bond acceptors (Lipinski definition) is 4. The molecule has 0 aliphatic heterocycles. The molecule has 0 atom stereocenters. The van der Waals surface area contributed by atoms with E-state index in [1.807, 2.05) is 19.9 Å². The number of imidazole rings is 1. The van der Waals surface area contributed by atoms with Gasteiger partial charge in [-0.1, -0.05) is 0 Å². The van der Waals surface area contributed by atoms with Gasteiger partial charge in [-0.25, -0.2) is 4.98 Å². The Balaban J connectivity index is 2.61. The molecule has 0 radical (unpaired) electrons. The third-order valence-electron chi connectivity index (χ3n) is 1.87. The Morgan fingerprint density at radius 1 is 1.47 bits per heavy atom. The summed E-state index contributed by atoms with van der Waals surface area (Å²) in [7, 11) is 0. The van der Waals surface area contributed by atoms with Crippen molar-refractivity contribution < 1.29 is 9.47 Å². The molecule has 1 rings (SSSR count). The van der Waals surface area contributed by atoms with E-state index in [2.05, 4.69) is 4.98 Å². The number of nitrogens with zero attached hydrogens (tertiary/aromatic N) is 3. The van der Waals surface area contributed by atoms with Crippen molar-refractivity contribution in [3.05, 3.63) is 18.2 Å². The number of aromatic nitrogens is 2. The lowest BCUT2D eigenvalue weighted by Crippen LogP contribution is -2.24. The van der Waals surface area contributed by atoms with Crippen LogP contribution in [0.15, 0.2) is 12.4 Å². The zero-order valence-electron chi connectivity index (χ0n) is 9.01. The van der Waals surface area contributed by atoms with Crippen molar-refractivity contribution in [3.63, 3.8) is 0 Å². The second-order valence-corrected chi connectivity index (χ2v) is 2.86. The van der Waals surface area contributed by atoms with Gasteiger partial charge in [0.1, 0.15) is 6.07 Å². The van der Waals surface area contributed by atoms with E-state index in [4.69, 9.17) is 14.7 Å². The van der Waals surface area contributed by atoms with Crippen molar-refractivity contribution in [3.8, 4) is 6.07 Å². The van der Waals surface area contributed by atoms with Gasteiger partial charge in [-0.15, -0.1) is 0 Å². The molecule has 5 nitrogen and oxygen atoms in total. The topological polar surface area (TPSA) is 60.1 Å². The fourth-order valence-corrected chi connectivity index (χ4v) is 1.26. The van der Waals surface area contributed by atoms with E-state index in [0.717, 1.165) is 0 Å². The first-order chi connectivity index (χ1) is 7.31. The van der Waals surface area contributed by atoms with Gasteiger partial charge in [0.2, 0.25) is 5.82 Å². The lowest BCUT2D eigenvalue weighted by Gasteiger charge is -2.17.